The van der Waals surface area contributed by atoms with Crippen molar-refractivity contribution in [1.29, 1.82) is 0 Å². The van der Waals surface area contributed by atoms with E-state index in [0.717, 1.165) is 73.5 Å². The molecule has 2 aromatic carbocycles. The summed E-state index contributed by atoms with van der Waals surface area (Å²) in [6, 6.07) is 14.1. The van der Waals surface area contributed by atoms with Gasteiger partial charge in [0, 0.05) is 40.8 Å². The first-order valence-corrected chi connectivity index (χ1v) is 16.6. The molecule has 0 aliphatic carbocycles. The normalized spacial score (nSPS) is 14.3. The van der Waals surface area contributed by atoms with Crippen LogP contribution < -0.4 is 10.6 Å². The number of alkyl halides is 3. The Kier molecular flexibility index (Phi) is 11.7. The second-order valence-electron chi connectivity index (χ2n) is 10.3. The molecule has 41 heavy (non-hydrogen) atoms. The molecule has 1 saturated heterocycles. The SMILES string of the molecule is CCCN(CCC)Sc1ccc(NCC#Cc2cc3c(NC4CCSCC4)cccc3n2CC(F)(F)F)c(CC)c1. The molecule has 1 aromatic heterocycles. The summed E-state index contributed by atoms with van der Waals surface area (Å²) in [7, 11) is 0. The minimum absolute atomic E-state index is 0.338. The van der Waals surface area contributed by atoms with Crippen molar-refractivity contribution >= 4 is 46.0 Å². The number of halogens is 3. The third kappa shape index (κ3) is 9.04. The minimum Gasteiger partial charge on any atom is -0.382 e. The molecule has 2 heterocycles. The van der Waals surface area contributed by atoms with Crippen LogP contribution in [0.1, 0.15) is 57.7 Å². The molecule has 1 aliphatic heterocycles. The van der Waals surface area contributed by atoms with Crippen LogP contribution in [0.4, 0.5) is 24.5 Å². The fourth-order valence-electron chi connectivity index (χ4n) is 5.14. The maximum Gasteiger partial charge on any atom is 0.406 e. The van der Waals surface area contributed by atoms with Crippen LogP contribution in [0.3, 0.4) is 0 Å². The van der Waals surface area contributed by atoms with E-state index < -0.39 is 12.7 Å². The number of fused-ring (bicyclic) bond motifs is 1. The highest BCUT2D eigenvalue weighted by atomic mass is 32.2. The molecule has 0 unspecified atom stereocenters. The summed E-state index contributed by atoms with van der Waals surface area (Å²) in [5, 5.41) is 7.76. The molecule has 0 radical (unpaired) electrons. The van der Waals surface area contributed by atoms with Crippen LogP contribution in [0, 0.1) is 11.8 Å². The monoisotopic (exact) mass is 602 g/mol. The lowest BCUT2D eigenvalue weighted by atomic mass is 10.1. The van der Waals surface area contributed by atoms with E-state index in [1.54, 1.807) is 24.1 Å². The molecule has 1 aliphatic rings. The zero-order valence-electron chi connectivity index (χ0n) is 24.2. The Bertz CT molecular complexity index is 1330. The number of nitrogens with zero attached hydrogens (tertiary/aromatic N) is 2. The Balaban J connectivity index is 1.52. The number of benzene rings is 2. The highest BCUT2D eigenvalue weighted by Crippen LogP contribution is 2.32. The van der Waals surface area contributed by atoms with Gasteiger partial charge in [-0.05, 0) is 103 Å². The van der Waals surface area contributed by atoms with E-state index in [4.69, 9.17) is 0 Å². The second-order valence-corrected chi connectivity index (χ2v) is 12.7. The molecule has 0 amide bonds. The number of hydrogen-bond donors (Lipinski definition) is 2. The van der Waals surface area contributed by atoms with E-state index in [1.165, 1.54) is 15.0 Å². The van der Waals surface area contributed by atoms with E-state index in [-0.39, 0.29) is 0 Å². The Hall–Kier alpha value is -2.41. The standard InChI is InChI=1S/C32H41F3N4S2/c1-4-17-38(18-5-2)41-27-12-13-29(24(6-3)21-27)36-16-8-9-26-22-28-30(37-25-14-19-40-20-15-25)10-7-11-31(28)39(26)23-32(33,34)35/h7,10-13,21-22,25,36-37H,4-6,14-20,23H2,1-3H3. The van der Waals surface area contributed by atoms with Crippen LogP contribution in [-0.2, 0) is 13.0 Å². The molecular formula is C32H41F3N4S2. The molecule has 9 heteroatoms. The summed E-state index contributed by atoms with van der Waals surface area (Å²) in [5.74, 6) is 8.32. The number of aryl methyl sites for hydroxylation is 1. The average molecular weight is 603 g/mol. The number of rotatable bonds is 12. The summed E-state index contributed by atoms with van der Waals surface area (Å²) >= 11 is 3.75. The first-order valence-electron chi connectivity index (χ1n) is 14.6. The Morgan fingerprint density at radius 1 is 1.02 bits per heavy atom. The minimum atomic E-state index is -4.34. The number of aromatic nitrogens is 1. The van der Waals surface area contributed by atoms with Gasteiger partial charge in [-0.25, -0.2) is 4.31 Å². The first kappa shape index (κ1) is 31.5. The maximum absolute atomic E-state index is 13.6. The molecule has 0 bridgehead atoms. The average Bonchev–Trinajstić information content (AvgIpc) is 3.29. The van der Waals surface area contributed by atoms with Crippen molar-refractivity contribution in [3.05, 3.63) is 53.7 Å². The van der Waals surface area contributed by atoms with Crippen LogP contribution >= 0.6 is 23.7 Å². The Labute approximate surface area is 251 Å². The van der Waals surface area contributed by atoms with Crippen molar-refractivity contribution in [3.8, 4) is 11.8 Å². The topological polar surface area (TPSA) is 32.2 Å². The van der Waals surface area contributed by atoms with E-state index in [0.29, 0.717) is 23.8 Å². The van der Waals surface area contributed by atoms with E-state index in [1.807, 2.05) is 23.9 Å². The van der Waals surface area contributed by atoms with Crippen LogP contribution in [0.2, 0.25) is 0 Å². The summed E-state index contributed by atoms with van der Waals surface area (Å²) in [5.41, 5.74) is 4.02. The molecule has 0 spiro atoms. The summed E-state index contributed by atoms with van der Waals surface area (Å²) < 4.78 is 44.5. The first-order chi connectivity index (χ1) is 19.8. The zero-order valence-corrected chi connectivity index (χ0v) is 25.9. The van der Waals surface area contributed by atoms with Gasteiger partial charge >= 0.3 is 6.18 Å². The predicted octanol–water partition coefficient (Wildman–Crippen LogP) is 8.67. The smallest absolute Gasteiger partial charge is 0.382 e. The van der Waals surface area contributed by atoms with Crippen molar-refractivity contribution in [2.75, 3.05) is 41.8 Å². The van der Waals surface area contributed by atoms with Gasteiger partial charge in [0.15, 0.2) is 0 Å². The van der Waals surface area contributed by atoms with E-state index >= 15 is 0 Å². The zero-order chi connectivity index (χ0) is 29.2. The van der Waals surface area contributed by atoms with Gasteiger partial charge in [-0.15, -0.1) is 0 Å². The lowest BCUT2D eigenvalue weighted by molar-refractivity contribution is -0.140. The summed E-state index contributed by atoms with van der Waals surface area (Å²) in [6.45, 7) is 7.91. The van der Waals surface area contributed by atoms with Crippen LogP contribution in [0.15, 0.2) is 47.4 Å². The van der Waals surface area contributed by atoms with E-state index in [9.17, 15) is 13.2 Å². The Morgan fingerprint density at radius 3 is 2.46 bits per heavy atom. The molecule has 1 fully saturated rings. The second kappa shape index (κ2) is 15.2. The van der Waals surface area contributed by atoms with Gasteiger partial charge in [0.25, 0.3) is 0 Å². The molecule has 4 nitrogen and oxygen atoms in total. The molecule has 222 valence electrons. The van der Waals surface area contributed by atoms with Crippen molar-refractivity contribution in [2.24, 2.45) is 0 Å². The molecule has 0 atom stereocenters. The van der Waals surface area contributed by atoms with Gasteiger partial charge in [-0.3, -0.25) is 0 Å². The fourth-order valence-corrected chi connectivity index (χ4v) is 7.42. The van der Waals surface area contributed by atoms with Crippen molar-refractivity contribution in [1.82, 2.24) is 8.87 Å². The molecule has 0 saturated carbocycles. The van der Waals surface area contributed by atoms with Gasteiger partial charge in [0.2, 0.25) is 0 Å². The summed E-state index contributed by atoms with van der Waals surface area (Å²) in [4.78, 5) is 1.22. The molecule has 3 aromatic rings. The lowest BCUT2D eigenvalue weighted by Crippen LogP contribution is -2.24. The number of nitrogens with one attached hydrogen (secondary N) is 2. The largest absolute Gasteiger partial charge is 0.406 e. The highest BCUT2D eigenvalue weighted by Gasteiger charge is 2.30. The predicted molar refractivity (Wildman–Crippen MR) is 171 cm³/mol. The van der Waals surface area contributed by atoms with E-state index in [2.05, 4.69) is 65.7 Å². The van der Waals surface area contributed by atoms with Gasteiger partial charge in [-0.2, -0.15) is 24.9 Å². The fraction of sp³-hybridized carbons (Fsp3) is 0.500. The molecule has 2 N–H and O–H groups in total. The third-order valence-electron chi connectivity index (χ3n) is 7.09. The Morgan fingerprint density at radius 2 is 1.78 bits per heavy atom. The van der Waals surface area contributed by atoms with Crippen molar-refractivity contribution < 1.29 is 13.2 Å². The molecule has 4 rings (SSSR count). The number of hydrogen-bond acceptors (Lipinski definition) is 5. The van der Waals surface area contributed by atoms with Crippen molar-refractivity contribution in [3.63, 3.8) is 0 Å². The van der Waals surface area contributed by atoms with Crippen molar-refractivity contribution in [2.45, 2.75) is 76.5 Å². The maximum atomic E-state index is 13.6. The van der Waals surface area contributed by atoms with Gasteiger partial charge in [-0.1, -0.05) is 32.8 Å². The van der Waals surface area contributed by atoms with Gasteiger partial charge in [0.1, 0.15) is 6.54 Å². The highest BCUT2D eigenvalue weighted by molar-refractivity contribution is 7.99. The lowest BCUT2D eigenvalue weighted by Gasteiger charge is -2.24. The van der Waals surface area contributed by atoms with Gasteiger partial charge < -0.3 is 15.2 Å². The van der Waals surface area contributed by atoms with Crippen LogP contribution in [0.25, 0.3) is 10.9 Å². The van der Waals surface area contributed by atoms with Crippen LogP contribution in [0.5, 0.6) is 0 Å². The van der Waals surface area contributed by atoms with Gasteiger partial charge in [0.05, 0.1) is 17.8 Å². The third-order valence-corrected chi connectivity index (χ3v) is 9.22. The van der Waals surface area contributed by atoms with Crippen LogP contribution in [-0.4, -0.2) is 52.2 Å². The summed E-state index contributed by atoms with van der Waals surface area (Å²) in [6.07, 6.45) is 0.873. The quantitative estimate of drug-likeness (QED) is 0.160. The number of thioether (sulfide) groups is 1. The molecular weight excluding hydrogens is 562 g/mol. The number of anilines is 2.